The Labute approximate surface area is 303 Å². The van der Waals surface area contributed by atoms with Crippen LogP contribution in [-0.2, 0) is 30.8 Å². The van der Waals surface area contributed by atoms with Crippen LogP contribution in [0.25, 0.3) is 21.8 Å². The highest BCUT2D eigenvalue weighted by molar-refractivity contribution is 5.84. The van der Waals surface area contributed by atoms with Gasteiger partial charge in [-0.1, -0.05) is 12.1 Å². The number of benzene rings is 1. The molecular weight excluding hydrogens is 656 g/mol. The second-order valence-electron chi connectivity index (χ2n) is 14.1. The third-order valence-electron chi connectivity index (χ3n) is 10.6. The predicted molar refractivity (Wildman–Crippen MR) is 203 cm³/mol. The van der Waals surface area contributed by atoms with E-state index in [9.17, 15) is 14.4 Å². The van der Waals surface area contributed by atoms with Gasteiger partial charge in [0.05, 0.1) is 23.4 Å². The lowest BCUT2D eigenvalue weighted by atomic mass is 10.0. The number of hydrogen-bond donors (Lipinski definition) is 2. The number of carbonyl (C=O) groups excluding carboxylic acids is 1. The summed E-state index contributed by atoms with van der Waals surface area (Å²) < 4.78 is 9.13. The maximum absolute atomic E-state index is 12.4. The van der Waals surface area contributed by atoms with E-state index in [1.165, 1.54) is 5.56 Å². The lowest BCUT2D eigenvalue weighted by Gasteiger charge is -2.32. The van der Waals surface area contributed by atoms with E-state index in [2.05, 4.69) is 37.2 Å². The third-order valence-corrected chi connectivity index (χ3v) is 10.6. The molecule has 0 radical (unpaired) electrons. The maximum Gasteiger partial charge on any atom is 0.251 e. The van der Waals surface area contributed by atoms with Crippen LogP contribution in [0.1, 0.15) is 36.8 Å². The minimum atomic E-state index is 0.0270. The summed E-state index contributed by atoms with van der Waals surface area (Å²) in [4.78, 5) is 49.2. The van der Waals surface area contributed by atoms with Gasteiger partial charge in [-0.3, -0.25) is 24.4 Å². The van der Waals surface area contributed by atoms with E-state index in [0.717, 1.165) is 105 Å². The van der Waals surface area contributed by atoms with E-state index in [4.69, 9.17) is 10.5 Å². The number of fused-ring (bicyclic) bond motifs is 3. The normalized spacial score (nSPS) is 17.4. The van der Waals surface area contributed by atoms with Crippen molar-refractivity contribution in [1.29, 1.82) is 0 Å². The van der Waals surface area contributed by atoms with Crippen molar-refractivity contribution >= 4 is 27.6 Å². The zero-order valence-electron chi connectivity index (χ0n) is 29.7. The van der Waals surface area contributed by atoms with Gasteiger partial charge in [-0.2, -0.15) is 0 Å². The Morgan fingerprint density at radius 2 is 1.29 bits per heavy atom. The first-order chi connectivity index (χ1) is 25.4. The molecule has 0 unspecified atom stereocenters. The van der Waals surface area contributed by atoms with E-state index in [1.54, 1.807) is 36.9 Å². The minimum Gasteiger partial charge on any atom is -0.486 e. The number of nitrogens with one attached hydrogen (secondary N) is 1. The van der Waals surface area contributed by atoms with Crippen LogP contribution in [-0.4, -0.2) is 92.6 Å². The molecule has 0 bridgehead atoms. The molecule has 2 fully saturated rings. The molecule has 0 spiro atoms. The summed E-state index contributed by atoms with van der Waals surface area (Å²) in [6.07, 6.45) is 11.8. The topological polar surface area (TPSA) is 141 Å². The highest BCUT2D eigenvalue weighted by Gasteiger charge is 2.21. The molecule has 7 heterocycles. The SMILES string of the molecule is NC1CCN(CCn2c(=O)ccc3ccncc32)CC1.O=C1COc2ccc(CNC3CCN(CCn4c(=O)ccc5ccncc54)CC3)cc2C1. The summed E-state index contributed by atoms with van der Waals surface area (Å²) in [6, 6.07) is 17.8. The number of carbonyl (C=O) groups is 1. The van der Waals surface area contributed by atoms with Crippen LogP contribution in [0.3, 0.4) is 0 Å². The van der Waals surface area contributed by atoms with E-state index in [0.29, 0.717) is 31.6 Å². The van der Waals surface area contributed by atoms with Crippen LogP contribution in [0.4, 0.5) is 0 Å². The quantitative estimate of drug-likeness (QED) is 0.235. The van der Waals surface area contributed by atoms with E-state index >= 15 is 0 Å². The Morgan fingerprint density at radius 1 is 0.712 bits per heavy atom. The van der Waals surface area contributed by atoms with Crippen molar-refractivity contribution in [2.45, 2.75) is 63.8 Å². The second kappa shape index (κ2) is 16.7. The highest BCUT2D eigenvalue weighted by atomic mass is 16.5. The van der Waals surface area contributed by atoms with Crippen molar-refractivity contribution in [2.75, 3.05) is 45.9 Å². The molecule has 0 aliphatic carbocycles. The number of nitrogens with zero attached hydrogens (tertiary/aromatic N) is 6. The fourth-order valence-electron chi connectivity index (χ4n) is 7.45. The summed E-state index contributed by atoms with van der Waals surface area (Å²) in [5.74, 6) is 0.972. The second-order valence-corrected chi connectivity index (χ2v) is 14.1. The number of Topliss-reactive ketones (excluding diaryl/α,β-unsaturated/α-hetero) is 1. The standard InChI is InChI=1S/C25H28N4O3.C15H20N4O/c30-22-14-20-13-18(1-3-24(20)32-17-22)15-27-21-6-9-28(10-7-21)11-12-29-23-16-26-8-5-19(23)2-4-25(29)31;16-13-4-7-18(8-5-13)9-10-19-14-11-17-6-3-12(14)1-2-15(19)20/h1-5,8,13,16,21,27H,6-7,9-12,14-15,17H2;1-3,6,11,13H,4-5,7-10,16H2. The number of rotatable bonds is 9. The Hall–Kier alpha value is -4.75. The fraction of sp³-hybridized carbons (Fsp3) is 0.425. The number of aromatic nitrogens is 4. The molecule has 52 heavy (non-hydrogen) atoms. The lowest BCUT2D eigenvalue weighted by molar-refractivity contribution is -0.121. The summed E-state index contributed by atoms with van der Waals surface area (Å²) in [6.45, 7) is 8.20. The van der Waals surface area contributed by atoms with Gasteiger partial charge in [0.2, 0.25) is 0 Å². The Morgan fingerprint density at radius 3 is 1.88 bits per heavy atom. The molecule has 3 N–H and O–H groups in total. The molecule has 1 aromatic carbocycles. The highest BCUT2D eigenvalue weighted by Crippen LogP contribution is 2.25. The van der Waals surface area contributed by atoms with Crippen LogP contribution in [0.15, 0.2) is 89.0 Å². The molecule has 5 aromatic rings. The predicted octanol–water partition coefficient (Wildman–Crippen LogP) is 2.97. The first-order valence-corrected chi connectivity index (χ1v) is 18.5. The van der Waals surface area contributed by atoms with Gasteiger partial charge in [-0.05, 0) is 87.8 Å². The number of likely N-dealkylation sites (tertiary alicyclic amines) is 2. The van der Waals surface area contributed by atoms with Crippen molar-refractivity contribution in [1.82, 2.24) is 34.2 Å². The lowest BCUT2D eigenvalue weighted by Crippen LogP contribution is -2.43. The Balaban J connectivity index is 0.000000180. The van der Waals surface area contributed by atoms with E-state index < -0.39 is 0 Å². The number of piperidine rings is 2. The summed E-state index contributed by atoms with van der Waals surface area (Å²) in [5.41, 5.74) is 9.97. The van der Waals surface area contributed by atoms with Crippen molar-refractivity contribution in [2.24, 2.45) is 5.73 Å². The monoisotopic (exact) mass is 704 g/mol. The van der Waals surface area contributed by atoms with Crippen LogP contribution in [0.5, 0.6) is 5.75 Å². The largest absolute Gasteiger partial charge is 0.486 e. The molecule has 272 valence electrons. The maximum atomic E-state index is 12.4. The molecule has 2 saturated heterocycles. The molecule has 0 atom stereocenters. The summed E-state index contributed by atoms with van der Waals surface area (Å²) in [7, 11) is 0. The molecule has 0 amide bonds. The Kier molecular flexibility index (Phi) is 11.5. The van der Waals surface area contributed by atoms with Crippen LogP contribution < -0.4 is 26.9 Å². The van der Waals surface area contributed by atoms with E-state index in [1.807, 2.05) is 39.5 Å². The zero-order valence-corrected chi connectivity index (χ0v) is 29.7. The molecule has 12 heteroatoms. The third kappa shape index (κ3) is 8.82. The number of ether oxygens (including phenoxy) is 1. The summed E-state index contributed by atoms with van der Waals surface area (Å²) in [5, 5.41) is 5.77. The molecule has 0 saturated carbocycles. The molecule has 4 aromatic heterocycles. The smallest absolute Gasteiger partial charge is 0.251 e. The number of pyridine rings is 4. The molecule has 12 nitrogen and oxygen atoms in total. The first-order valence-electron chi connectivity index (χ1n) is 18.5. The Bertz CT molecular complexity index is 2120. The zero-order chi connectivity index (χ0) is 35.9. The van der Waals surface area contributed by atoms with Gasteiger partial charge in [-0.25, -0.2) is 0 Å². The van der Waals surface area contributed by atoms with Crippen LogP contribution in [0.2, 0.25) is 0 Å². The molecule has 3 aliphatic heterocycles. The average Bonchev–Trinajstić information content (AvgIpc) is 3.17. The average molecular weight is 705 g/mol. The van der Waals surface area contributed by atoms with Gasteiger partial charge in [0.25, 0.3) is 11.1 Å². The summed E-state index contributed by atoms with van der Waals surface area (Å²) >= 11 is 0. The number of ketones is 1. The molecular formula is C40H48N8O4. The van der Waals surface area contributed by atoms with Crippen molar-refractivity contribution in [3.63, 3.8) is 0 Å². The van der Waals surface area contributed by atoms with Gasteiger partial charge >= 0.3 is 0 Å². The van der Waals surface area contributed by atoms with Gasteiger partial charge < -0.3 is 34.7 Å². The van der Waals surface area contributed by atoms with Crippen molar-refractivity contribution in [3.8, 4) is 5.75 Å². The van der Waals surface area contributed by atoms with Crippen molar-refractivity contribution in [3.05, 3.63) is 111 Å². The van der Waals surface area contributed by atoms with Gasteiger partial charge in [-0.15, -0.1) is 0 Å². The minimum absolute atomic E-state index is 0.0270. The van der Waals surface area contributed by atoms with Gasteiger partial charge in [0.1, 0.15) is 12.4 Å². The number of nitrogens with two attached hydrogens (primary N) is 1. The molecule has 8 rings (SSSR count). The fourth-order valence-corrected chi connectivity index (χ4v) is 7.45. The first kappa shape index (κ1) is 35.6. The van der Waals surface area contributed by atoms with Crippen LogP contribution >= 0.6 is 0 Å². The van der Waals surface area contributed by atoms with Crippen LogP contribution in [0, 0.1) is 0 Å². The van der Waals surface area contributed by atoms with Crippen molar-refractivity contribution < 1.29 is 9.53 Å². The van der Waals surface area contributed by atoms with E-state index in [-0.39, 0.29) is 23.5 Å². The molecule has 3 aliphatic rings. The number of hydrogen-bond acceptors (Lipinski definition) is 10. The van der Waals surface area contributed by atoms with Gasteiger partial charge in [0, 0.05) is 92.1 Å². The van der Waals surface area contributed by atoms with Gasteiger partial charge in [0.15, 0.2) is 5.78 Å².